The number of anilines is 1. The number of amides is 2. The fourth-order valence-electron chi connectivity index (χ4n) is 6.29. The molecule has 7 N–H and O–H groups in total. The molecule has 1 saturated carbocycles. The number of rotatable bonds is 5. The highest BCUT2D eigenvalue weighted by atomic mass is 79.9. The van der Waals surface area contributed by atoms with Crippen molar-refractivity contribution in [2.24, 2.45) is 17.6 Å². The Balaban J connectivity index is 0.00000405. The standard InChI is InChI=1S/C29H28BrN3O8.BrH/c1-33(2)21-15-11-14-10-13-8-9-16(32-28(40)20(30)12-6-4-3-5-7-12)22(34)17(13)23(35)18(14)25(37)29(15,41)26(38)19(24(21)36)27(31)39;/h3-9,14-15,20-21,34-35,38,41H,10-11H2,1-2H3,(H2,31,39)(H,32,40);1H/t14?,15?,20?,21-,29?;/m0./s1. The lowest BCUT2D eigenvalue weighted by atomic mass is 9.57. The predicted molar refractivity (Wildman–Crippen MR) is 161 cm³/mol. The Morgan fingerprint density at radius 3 is 2.33 bits per heavy atom. The molecule has 3 aliphatic carbocycles. The van der Waals surface area contributed by atoms with E-state index in [-0.39, 0.29) is 46.6 Å². The zero-order valence-corrected chi connectivity index (χ0v) is 25.8. The number of nitrogens with two attached hydrogens (primary N) is 1. The van der Waals surface area contributed by atoms with Crippen molar-refractivity contribution < 1.29 is 39.6 Å². The van der Waals surface area contributed by atoms with Gasteiger partial charge in [0.25, 0.3) is 5.91 Å². The number of nitrogens with one attached hydrogen (secondary N) is 1. The number of ketones is 2. The van der Waals surface area contributed by atoms with Crippen LogP contribution >= 0.6 is 32.9 Å². The van der Waals surface area contributed by atoms with Crippen molar-refractivity contribution in [3.63, 3.8) is 0 Å². The van der Waals surface area contributed by atoms with Gasteiger partial charge in [0, 0.05) is 11.5 Å². The summed E-state index contributed by atoms with van der Waals surface area (Å²) in [6, 6.07) is 10.8. The minimum absolute atomic E-state index is 0. The van der Waals surface area contributed by atoms with Gasteiger partial charge >= 0.3 is 0 Å². The minimum atomic E-state index is -2.72. The number of hydrogen-bond donors (Lipinski definition) is 6. The Bertz CT molecular complexity index is 1570. The number of carbonyl (C=O) groups excluding carboxylic acids is 4. The first kappa shape index (κ1) is 31.4. The summed E-state index contributed by atoms with van der Waals surface area (Å²) in [5, 5.41) is 47.7. The molecule has 0 saturated heterocycles. The smallest absolute Gasteiger partial charge is 0.255 e. The monoisotopic (exact) mass is 705 g/mol. The maximum absolute atomic E-state index is 13.9. The Labute approximate surface area is 259 Å². The number of Topliss-reactive ketones (excluding diaryl/α,β-unsaturated/α-hetero) is 2. The Hall–Kier alpha value is -3.52. The van der Waals surface area contributed by atoms with Crippen molar-refractivity contribution in [3.05, 3.63) is 76.1 Å². The van der Waals surface area contributed by atoms with Crippen LogP contribution in [-0.2, 0) is 25.6 Å². The molecule has 0 spiro atoms. The van der Waals surface area contributed by atoms with Crippen LogP contribution in [-0.4, -0.2) is 74.4 Å². The van der Waals surface area contributed by atoms with Gasteiger partial charge in [0.2, 0.25) is 11.7 Å². The van der Waals surface area contributed by atoms with Crippen LogP contribution in [0.25, 0.3) is 5.76 Å². The minimum Gasteiger partial charge on any atom is -0.508 e. The average molecular weight is 707 g/mol. The second-order valence-electron chi connectivity index (χ2n) is 10.7. The topological polar surface area (TPSA) is 190 Å². The number of aliphatic hydroxyl groups excluding tert-OH is 2. The summed E-state index contributed by atoms with van der Waals surface area (Å²) in [6.45, 7) is 0. The number of alkyl halides is 1. The molecule has 0 heterocycles. The summed E-state index contributed by atoms with van der Waals surface area (Å²) in [6.07, 6.45) is 0.148. The van der Waals surface area contributed by atoms with Gasteiger partial charge in [-0.15, -0.1) is 17.0 Å². The quantitative estimate of drug-likeness (QED) is 0.154. The van der Waals surface area contributed by atoms with E-state index in [1.54, 1.807) is 36.4 Å². The van der Waals surface area contributed by atoms with Crippen LogP contribution in [0.15, 0.2) is 59.4 Å². The number of phenolic OH excluding ortho intramolecular Hbond substituents is 1. The van der Waals surface area contributed by atoms with E-state index < -0.39 is 74.5 Å². The number of halogens is 2. The summed E-state index contributed by atoms with van der Waals surface area (Å²) in [5.74, 6) is -7.80. The fraction of sp³-hybridized carbons (Fsp3) is 0.310. The van der Waals surface area contributed by atoms with Crippen molar-refractivity contribution >= 4 is 67.7 Å². The van der Waals surface area contributed by atoms with Crippen molar-refractivity contribution in [2.45, 2.75) is 29.3 Å². The van der Waals surface area contributed by atoms with Crippen LogP contribution in [0.5, 0.6) is 5.75 Å². The second-order valence-corrected chi connectivity index (χ2v) is 11.6. The highest BCUT2D eigenvalue weighted by Gasteiger charge is 2.64. The number of aromatic hydroxyl groups is 1. The van der Waals surface area contributed by atoms with E-state index in [4.69, 9.17) is 5.73 Å². The van der Waals surface area contributed by atoms with Gasteiger partial charge in [-0.2, -0.15) is 0 Å². The number of phenols is 1. The zero-order valence-electron chi connectivity index (χ0n) is 22.5. The van der Waals surface area contributed by atoms with Crippen molar-refractivity contribution in [3.8, 4) is 5.75 Å². The van der Waals surface area contributed by atoms with E-state index in [2.05, 4.69) is 21.2 Å². The van der Waals surface area contributed by atoms with E-state index in [0.717, 1.165) is 0 Å². The highest BCUT2D eigenvalue weighted by molar-refractivity contribution is 9.09. The summed E-state index contributed by atoms with van der Waals surface area (Å²) in [4.78, 5) is 52.7. The molecule has 2 amide bonds. The Kier molecular flexibility index (Phi) is 8.44. The van der Waals surface area contributed by atoms with Gasteiger partial charge in [-0.3, -0.25) is 24.1 Å². The lowest BCUT2D eigenvalue weighted by Crippen LogP contribution is -2.65. The average Bonchev–Trinajstić information content (AvgIpc) is 2.91. The third-order valence-electron chi connectivity index (χ3n) is 8.17. The molecule has 3 aliphatic rings. The SMILES string of the molecule is Br.CN(C)[C@@H]1C(=O)C(C(N)=O)=C(O)C2(O)C(=O)C3=C(O)c4c(ccc(NC(=O)C(Br)c5ccccc5)c4O)CC3CC12. The van der Waals surface area contributed by atoms with Gasteiger partial charge in [-0.05, 0) is 50.0 Å². The number of primary amides is 1. The van der Waals surface area contributed by atoms with Crippen LogP contribution in [0.1, 0.15) is 27.9 Å². The Morgan fingerprint density at radius 2 is 1.74 bits per heavy atom. The molecule has 4 unspecified atom stereocenters. The number of aliphatic hydroxyl groups is 3. The normalized spacial score (nSPS) is 25.7. The van der Waals surface area contributed by atoms with Crippen molar-refractivity contribution in [1.82, 2.24) is 4.90 Å². The maximum Gasteiger partial charge on any atom is 0.255 e. The number of nitrogens with zero attached hydrogens (tertiary/aromatic N) is 1. The number of likely N-dealkylation sites (N-methyl/N-ethyl adjacent to an activating group) is 1. The first-order valence-corrected chi connectivity index (χ1v) is 13.7. The molecular formula is C29H29Br2N3O8. The van der Waals surface area contributed by atoms with Crippen LogP contribution < -0.4 is 11.1 Å². The van der Waals surface area contributed by atoms with Crippen LogP contribution in [0.3, 0.4) is 0 Å². The number of hydrogen-bond acceptors (Lipinski definition) is 9. The molecule has 0 aromatic heterocycles. The molecule has 5 rings (SSSR count). The van der Waals surface area contributed by atoms with Crippen molar-refractivity contribution in [2.75, 3.05) is 19.4 Å². The van der Waals surface area contributed by atoms with E-state index in [1.165, 1.54) is 25.1 Å². The van der Waals surface area contributed by atoms with E-state index >= 15 is 0 Å². The molecule has 42 heavy (non-hydrogen) atoms. The highest BCUT2D eigenvalue weighted by Crippen LogP contribution is 2.53. The summed E-state index contributed by atoms with van der Waals surface area (Å²) >= 11 is 3.34. The van der Waals surface area contributed by atoms with Gasteiger partial charge in [-0.1, -0.05) is 52.3 Å². The maximum atomic E-state index is 13.9. The van der Waals surface area contributed by atoms with E-state index in [9.17, 15) is 39.6 Å². The molecule has 0 bridgehead atoms. The first-order valence-electron chi connectivity index (χ1n) is 12.8. The largest absolute Gasteiger partial charge is 0.508 e. The van der Waals surface area contributed by atoms with Gasteiger partial charge in [0.1, 0.15) is 27.7 Å². The molecule has 5 atom stereocenters. The second kappa shape index (κ2) is 11.3. The predicted octanol–water partition coefficient (Wildman–Crippen LogP) is 2.62. The van der Waals surface area contributed by atoms with Gasteiger partial charge in [0.15, 0.2) is 11.4 Å². The number of carbonyl (C=O) groups is 4. The molecule has 11 nitrogen and oxygen atoms in total. The molecule has 222 valence electrons. The van der Waals surface area contributed by atoms with Crippen LogP contribution in [0, 0.1) is 11.8 Å². The number of fused-ring (bicyclic) bond motifs is 3. The van der Waals surface area contributed by atoms with Gasteiger partial charge < -0.3 is 31.5 Å². The Morgan fingerprint density at radius 1 is 1.10 bits per heavy atom. The number of benzene rings is 2. The molecule has 13 heteroatoms. The third-order valence-corrected chi connectivity index (χ3v) is 9.12. The lowest BCUT2D eigenvalue weighted by molar-refractivity contribution is -0.153. The van der Waals surface area contributed by atoms with Gasteiger partial charge in [0.05, 0.1) is 17.3 Å². The first-order chi connectivity index (χ1) is 19.3. The summed E-state index contributed by atoms with van der Waals surface area (Å²) < 4.78 is 0. The summed E-state index contributed by atoms with van der Waals surface area (Å²) in [7, 11) is 3.08. The van der Waals surface area contributed by atoms with E-state index in [0.29, 0.717) is 11.1 Å². The molecule has 1 fully saturated rings. The lowest BCUT2D eigenvalue weighted by Gasteiger charge is -2.50. The summed E-state index contributed by atoms with van der Waals surface area (Å²) in [5.41, 5.74) is 2.51. The fourth-order valence-corrected chi connectivity index (χ4v) is 6.71. The van der Waals surface area contributed by atoms with Crippen LogP contribution in [0.2, 0.25) is 0 Å². The molecule has 2 aromatic rings. The zero-order chi connectivity index (χ0) is 30.0. The van der Waals surface area contributed by atoms with E-state index in [1.807, 2.05) is 0 Å². The molecular weight excluding hydrogens is 678 g/mol. The van der Waals surface area contributed by atoms with Crippen LogP contribution in [0.4, 0.5) is 5.69 Å². The molecule has 0 radical (unpaired) electrons. The third kappa shape index (κ3) is 4.64. The van der Waals surface area contributed by atoms with Gasteiger partial charge in [-0.25, -0.2) is 0 Å². The van der Waals surface area contributed by atoms with Crippen molar-refractivity contribution in [1.29, 1.82) is 0 Å². The molecule has 2 aromatic carbocycles. The molecule has 0 aliphatic heterocycles.